The predicted octanol–water partition coefficient (Wildman–Crippen LogP) is 1.82. The van der Waals surface area contributed by atoms with Crippen molar-refractivity contribution in [3.8, 4) is 0 Å². The molecule has 1 atom stereocenters. The summed E-state index contributed by atoms with van der Waals surface area (Å²) in [5.41, 5.74) is 0. The van der Waals surface area contributed by atoms with Gasteiger partial charge in [0.25, 0.3) is 0 Å². The van der Waals surface area contributed by atoms with Crippen LogP contribution in [0.2, 0.25) is 0 Å². The van der Waals surface area contributed by atoms with Crippen molar-refractivity contribution < 1.29 is 4.74 Å². The van der Waals surface area contributed by atoms with Gasteiger partial charge in [0, 0.05) is 13.0 Å². The summed E-state index contributed by atoms with van der Waals surface area (Å²) < 4.78 is 5.63. The summed E-state index contributed by atoms with van der Waals surface area (Å²) in [4.78, 5) is 0. The number of hydrogen-bond acceptors (Lipinski definition) is 1. The lowest BCUT2D eigenvalue weighted by molar-refractivity contribution is 0.0149. The van der Waals surface area contributed by atoms with E-state index < -0.39 is 0 Å². The van der Waals surface area contributed by atoms with Crippen molar-refractivity contribution in [2.45, 2.75) is 31.8 Å². The normalized spacial score (nSPS) is 25.9. The lowest BCUT2D eigenvalue weighted by Gasteiger charge is -2.21. The zero-order valence-electron chi connectivity index (χ0n) is 7.64. The first kappa shape index (κ1) is 9.40. The van der Waals surface area contributed by atoms with E-state index >= 15 is 0 Å². The van der Waals surface area contributed by atoms with E-state index in [1.54, 1.807) is 0 Å². The maximum atomic E-state index is 5.63. The molecule has 2 heteroatoms. The van der Waals surface area contributed by atoms with Crippen molar-refractivity contribution in [3.05, 3.63) is 0 Å². The van der Waals surface area contributed by atoms with Crippen LogP contribution in [0.25, 0.3) is 0 Å². The first-order valence-electron chi connectivity index (χ1n) is 4.45. The molecule has 0 bridgehead atoms. The smallest absolute Gasteiger partial charge is 0.110 e. The molecule has 0 spiro atoms. The van der Waals surface area contributed by atoms with Gasteiger partial charge in [-0.2, -0.15) is 0 Å². The van der Waals surface area contributed by atoms with Crippen molar-refractivity contribution in [1.82, 2.24) is 0 Å². The average molecular weight is 175 g/mol. The molecule has 0 N–H and O–H groups in total. The molecule has 1 heterocycles. The molecule has 66 valence electrons. The van der Waals surface area contributed by atoms with Crippen molar-refractivity contribution >= 4 is 10.9 Å². The van der Waals surface area contributed by atoms with Gasteiger partial charge in [-0.3, -0.25) is 0 Å². The number of rotatable bonds is 3. The van der Waals surface area contributed by atoms with Crippen LogP contribution in [0.5, 0.6) is 0 Å². The summed E-state index contributed by atoms with van der Waals surface area (Å²) in [6, 6.07) is 0. The highest BCUT2D eigenvalue weighted by Gasteiger charge is 2.15. The molecule has 0 saturated carbocycles. The van der Waals surface area contributed by atoms with Crippen LogP contribution in [0, 0.1) is 0 Å². The molecule has 0 amide bonds. The molecular formula is C9H19OS+. The van der Waals surface area contributed by atoms with Gasteiger partial charge < -0.3 is 4.74 Å². The summed E-state index contributed by atoms with van der Waals surface area (Å²) in [5, 5.41) is 0. The van der Waals surface area contributed by atoms with E-state index in [1.165, 1.54) is 31.4 Å². The van der Waals surface area contributed by atoms with E-state index in [-0.39, 0.29) is 0 Å². The highest BCUT2D eigenvalue weighted by atomic mass is 32.2. The summed E-state index contributed by atoms with van der Waals surface area (Å²) in [6.45, 7) is 1.01. The molecule has 0 aromatic carbocycles. The molecule has 0 aromatic rings. The molecule has 11 heavy (non-hydrogen) atoms. The standard InChI is InChI=1S/C9H19OS/c1-11(2)8-6-9-5-3-4-7-10-9/h9H,3-8H2,1-2H3/q+1. The third-order valence-corrected chi connectivity index (χ3v) is 3.17. The molecule has 1 saturated heterocycles. The Kier molecular flexibility index (Phi) is 4.31. The number of ether oxygens (including phenoxy) is 1. The minimum Gasteiger partial charge on any atom is -0.378 e. The van der Waals surface area contributed by atoms with Gasteiger partial charge in [0.15, 0.2) is 0 Å². The monoisotopic (exact) mass is 175 g/mol. The van der Waals surface area contributed by atoms with Gasteiger partial charge in [0.2, 0.25) is 0 Å². The summed E-state index contributed by atoms with van der Waals surface area (Å²) in [6.07, 6.45) is 10.5. The Hall–Kier alpha value is 0.310. The van der Waals surface area contributed by atoms with Gasteiger partial charge in [0.05, 0.1) is 18.6 Å². The van der Waals surface area contributed by atoms with Gasteiger partial charge >= 0.3 is 0 Å². The van der Waals surface area contributed by atoms with Gasteiger partial charge in [0.1, 0.15) is 5.75 Å². The molecule has 1 rings (SSSR count). The first-order chi connectivity index (χ1) is 5.29. The molecule has 1 fully saturated rings. The average Bonchev–Trinajstić information content (AvgIpc) is 2.03. The third-order valence-electron chi connectivity index (χ3n) is 2.12. The highest BCUT2D eigenvalue weighted by Crippen LogP contribution is 2.15. The van der Waals surface area contributed by atoms with Crippen molar-refractivity contribution in [2.24, 2.45) is 0 Å². The van der Waals surface area contributed by atoms with Gasteiger partial charge in [-0.15, -0.1) is 0 Å². The van der Waals surface area contributed by atoms with Crippen LogP contribution in [-0.4, -0.2) is 31.0 Å². The molecule has 1 unspecified atom stereocenters. The van der Waals surface area contributed by atoms with Crippen LogP contribution in [-0.2, 0) is 15.6 Å². The molecule has 0 aliphatic carbocycles. The number of hydrogen-bond donors (Lipinski definition) is 0. The fraction of sp³-hybridized carbons (Fsp3) is 1.00. The quantitative estimate of drug-likeness (QED) is 0.595. The molecule has 1 nitrogen and oxygen atoms in total. The molecule has 0 radical (unpaired) electrons. The van der Waals surface area contributed by atoms with Gasteiger partial charge in [-0.05, 0) is 30.2 Å². The van der Waals surface area contributed by atoms with Crippen molar-refractivity contribution in [2.75, 3.05) is 24.9 Å². The summed E-state index contributed by atoms with van der Waals surface area (Å²) >= 11 is 0. The second-order valence-corrected chi connectivity index (χ2v) is 5.85. The maximum absolute atomic E-state index is 5.63. The van der Waals surface area contributed by atoms with E-state index in [0.29, 0.717) is 17.0 Å². The zero-order valence-corrected chi connectivity index (χ0v) is 8.45. The SMILES string of the molecule is C[S+](C)CCC1CCCCO1. The predicted molar refractivity (Wildman–Crippen MR) is 52.3 cm³/mol. The van der Waals surface area contributed by atoms with E-state index in [9.17, 15) is 0 Å². The van der Waals surface area contributed by atoms with Gasteiger partial charge in [-0.1, -0.05) is 0 Å². The first-order valence-corrected chi connectivity index (χ1v) is 6.66. The Balaban J connectivity index is 2.05. The summed E-state index contributed by atoms with van der Waals surface area (Å²) in [7, 11) is 0.603. The zero-order chi connectivity index (χ0) is 8.10. The third kappa shape index (κ3) is 4.02. The minimum atomic E-state index is 0.596. The Bertz CT molecular complexity index is 97.7. The van der Waals surface area contributed by atoms with Crippen LogP contribution in [0.1, 0.15) is 25.7 Å². The fourth-order valence-electron chi connectivity index (χ4n) is 1.40. The largest absolute Gasteiger partial charge is 0.378 e. The fourth-order valence-corrected chi connectivity index (χ4v) is 2.14. The Morgan fingerprint density at radius 3 is 2.73 bits per heavy atom. The molecule has 0 aromatic heterocycles. The Morgan fingerprint density at radius 1 is 1.36 bits per heavy atom. The highest BCUT2D eigenvalue weighted by molar-refractivity contribution is 7.95. The minimum absolute atomic E-state index is 0.596. The van der Waals surface area contributed by atoms with Crippen LogP contribution < -0.4 is 0 Å². The van der Waals surface area contributed by atoms with E-state index in [0.717, 1.165) is 6.61 Å². The Morgan fingerprint density at radius 2 is 2.18 bits per heavy atom. The van der Waals surface area contributed by atoms with E-state index in [1.807, 2.05) is 0 Å². The lowest BCUT2D eigenvalue weighted by atomic mass is 10.1. The van der Waals surface area contributed by atoms with E-state index in [2.05, 4.69) is 12.5 Å². The van der Waals surface area contributed by atoms with Crippen LogP contribution in [0.3, 0.4) is 0 Å². The lowest BCUT2D eigenvalue weighted by Crippen LogP contribution is -2.21. The molecule has 1 aliphatic heterocycles. The van der Waals surface area contributed by atoms with E-state index in [4.69, 9.17) is 4.74 Å². The van der Waals surface area contributed by atoms with Crippen LogP contribution in [0.4, 0.5) is 0 Å². The van der Waals surface area contributed by atoms with Crippen LogP contribution in [0.15, 0.2) is 0 Å². The Labute approximate surface area is 72.9 Å². The van der Waals surface area contributed by atoms with Gasteiger partial charge in [-0.25, -0.2) is 0 Å². The molecular weight excluding hydrogens is 156 g/mol. The second-order valence-electron chi connectivity index (χ2n) is 3.47. The second kappa shape index (κ2) is 5.04. The van der Waals surface area contributed by atoms with Crippen LogP contribution >= 0.6 is 0 Å². The van der Waals surface area contributed by atoms with Crippen molar-refractivity contribution in [3.63, 3.8) is 0 Å². The topological polar surface area (TPSA) is 9.23 Å². The van der Waals surface area contributed by atoms with Crippen molar-refractivity contribution in [1.29, 1.82) is 0 Å². The molecule has 1 aliphatic rings. The maximum Gasteiger partial charge on any atom is 0.110 e. The summed E-state index contributed by atoms with van der Waals surface area (Å²) in [5.74, 6) is 1.35.